The van der Waals surface area contributed by atoms with E-state index in [1.807, 2.05) is 25.1 Å². The van der Waals surface area contributed by atoms with Gasteiger partial charge in [-0.25, -0.2) is 0 Å². The van der Waals surface area contributed by atoms with Crippen LogP contribution < -0.4 is 5.32 Å². The zero-order valence-electron chi connectivity index (χ0n) is 15.8. The fraction of sp³-hybridized carbons (Fsp3) is 0.318. The van der Waals surface area contributed by atoms with E-state index in [0.717, 1.165) is 60.7 Å². The molecule has 1 fully saturated rings. The van der Waals surface area contributed by atoms with Gasteiger partial charge >= 0.3 is 6.18 Å². The van der Waals surface area contributed by atoms with Gasteiger partial charge in [0.05, 0.1) is 17.3 Å². The van der Waals surface area contributed by atoms with E-state index in [2.05, 4.69) is 21.8 Å². The minimum Gasteiger partial charge on any atom is -0.314 e. The summed E-state index contributed by atoms with van der Waals surface area (Å²) in [6, 6.07) is 9.18. The lowest BCUT2D eigenvalue weighted by molar-refractivity contribution is -0.137. The molecule has 0 saturated carbocycles. The Labute approximate surface area is 163 Å². The maximum atomic E-state index is 13.0. The molecule has 6 heteroatoms. The molecule has 28 heavy (non-hydrogen) atoms. The van der Waals surface area contributed by atoms with Gasteiger partial charge in [-0.1, -0.05) is 30.9 Å². The lowest BCUT2D eigenvalue weighted by Crippen LogP contribution is -2.45. The summed E-state index contributed by atoms with van der Waals surface area (Å²) in [6.07, 6.45) is 1.15. The fourth-order valence-electron chi connectivity index (χ4n) is 3.57. The molecule has 0 spiro atoms. The smallest absolute Gasteiger partial charge is 0.314 e. The molecule has 1 N–H and O–H groups in total. The molecule has 1 aliphatic heterocycles. The van der Waals surface area contributed by atoms with Crippen LogP contribution in [0.1, 0.15) is 35.3 Å². The van der Waals surface area contributed by atoms with Gasteiger partial charge in [0.25, 0.3) is 0 Å². The Morgan fingerprint density at radius 1 is 1.18 bits per heavy atom. The van der Waals surface area contributed by atoms with Crippen molar-refractivity contribution < 1.29 is 13.2 Å². The molecular weight excluding hydrogens is 363 g/mol. The summed E-state index contributed by atoms with van der Waals surface area (Å²) in [4.78, 5) is 6.72. The van der Waals surface area contributed by atoms with Crippen molar-refractivity contribution in [2.24, 2.45) is 0 Å². The predicted octanol–water partition coefficient (Wildman–Crippen LogP) is 4.79. The van der Waals surface area contributed by atoms with Crippen molar-refractivity contribution in [2.45, 2.75) is 19.1 Å². The number of rotatable bonds is 5. The molecule has 2 aromatic rings. The molecule has 3 nitrogen and oxygen atoms in total. The summed E-state index contributed by atoms with van der Waals surface area (Å²) in [5, 5.41) is 3.32. The number of aromatic nitrogens is 1. The van der Waals surface area contributed by atoms with Crippen LogP contribution in [-0.2, 0) is 6.18 Å². The van der Waals surface area contributed by atoms with Crippen LogP contribution >= 0.6 is 0 Å². The quantitative estimate of drug-likeness (QED) is 0.799. The minimum absolute atomic E-state index is 0.107. The lowest BCUT2D eigenvalue weighted by Gasteiger charge is -2.36. The highest BCUT2D eigenvalue weighted by molar-refractivity contribution is 5.63. The highest BCUT2D eigenvalue weighted by Gasteiger charge is 2.31. The SMILES string of the molecule is C=Cc1cccnc1/C=C(\C)C(c1ccc(C(F)(F)F)cc1)N1CCNCC1. The van der Waals surface area contributed by atoms with Crippen molar-refractivity contribution in [3.63, 3.8) is 0 Å². The van der Waals surface area contributed by atoms with Gasteiger partial charge < -0.3 is 5.32 Å². The van der Waals surface area contributed by atoms with Crippen molar-refractivity contribution in [1.82, 2.24) is 15.2 Å². The molecule has 1 unspecified atom stereocenters. The first-order valence-corrected chi connectivity index (χ1v) is 9.27. The van der Waals surface area contributed by atoms with Gasteiger partial charge in [0.2, 0.25) is 0 Å². The van der Waals surface area contributed by atoms with E-state index < -0.39 is 11.7 Å². The number of hydrogen-bond donors (Lipinski definition) is 1. The monoisotopic (exact) mass is 387 g/mol. The van der Waals surface area contributed by atoms with E-state index in [9.17, 15) is 13.2 Å². The third kappa shape index (κ3) is 4.69. The zero-order valence-corrected chi connectivity index (χ0v) is 15.8. The van der Waals surface area contributed by atoms with Gasteiger partial charge in [0.1, 0.15) is 0 Å². The van der Waals surface area contributed by atoms with Crippen LogP contribution in [0, 0.1) is 0 Å². The second-order valence-electron chi connectivity index (χ2n) is 6.88. The Morgan fingerprint density at radius 3 is 2.46 bits per heavy atom. The van der Waals surface area contributed by atoms with Crippen LogP contribution in [0.3, 0.4) is 0 Å². The average molecular weight is 387 g/mol. The van der Waals surface area contributed by atoms with Crippen LogP contribution in [0.15, 0.2) is 54.7 Å². The number of hydrogen-bond acceptors (Lipinski definition) is 3. The molecule has 1 aromatic carbocycles. The van der Waals surface area contributed by atoms with Gasteiger partial charge in [0.15, 0.2) is 0 Å². The summed E-state index contributed by atoms with van der Waals surface area (Å²) >= 11 is 0. The molecule has 1 saturated heterocycles. The highest BCUT2D eigenvalue weighted by Crippen LogP contribution is 2.34. The summed E-state index contributed by atoms with van der Waals surface area (Å²) in [6.45, 7) is 9.20. The summed E-state index contributed by atoms with van der Waals surface area (Å²) in [5.41, 5.74) is 2.98. The van der Waals surface area contributed by atoms with E-state index in [1.54, 1.807) is 24.4 Å². The molecular formula is C22H24F3N3. The maximum Gasteiger partial charge on any atom is 0.416 e. The van der Waals surface area contributed by atoms with Crippen LogP contribution in [0.4, 0.5) is 13.2 Å². The fourth-order valence-corrected chi connectivity index (χ4v) is 3.57. The summed E-state index contributed by atoms with van der Waals surface area (Å²) in [5.74, 6) is 0. The van der Waals surface area contributed by atoms with Crippen LogP contribution in [0.25, 0.3) is 12.2 Å². The molecule has 0 bridgehead atoms. The average Bonchev–Trinajstić information content (AvgIpc) is 2.69. The molecule has 0 aliphatic carbocycles. The predicted molar refractivity (Wildman–Crippen MR) is 107 cm³/mol. The number of halogens is 3. The van der Waals surface area contributed by atoms with Gasteiger partial charge in [-0.15, -0.1) is 0 Å². The second kappa shape index (κ2) is 8.71. The Kier molecular flexibility index (Phi) is 6.31. The summed E-state index contributed by atoms with van der Waals surface area (Å²) in [7, 11) is 0. The molecule has 0 radical (unpaired) electrons. The second-order valence-corrected chi connectivity index (χ2v) is 6.88. The molecule has 1 atom stereocenters. The van der Waals surface area contributed by atoms with Crippen molar-refractivity contribution in [1.29, 1.82) is 0 Å². The van der Waals surface area contributed by atoms with Crippen LogP contribution in [0.2, 0.25) is 0 Å². The number of nitrogens with one attached hydrogen (secondary N) is 1. The van der Waals surface area contributed by atoms with Gasteiger partial charge in [-0.05, 0) is 47.9 Å². The van der Waals surface area contributed by atoms with E-state index >= 15 is 0 Å². The third-order valence-corrected chi connectivity index (χ3v) is 4.96. The molecule has 3 rings (SSSR count). The maximum absolute atomic E-state index is 13.0. The van der Waals surface area contributed by atoms with Crippen LogP contribution in [-0.4, -0.2) is 36.1 Å². The van der Waals surface area contributed by atoms with E-state index in [-0.39, 0.29) is 6.04 Å². The van der Waals surface area contributed by atoms with Crippen molar-refractivity contribution >= 4 is 12.2 Å². The first-order chi connectivity index (χ1) is 13.4. The minimum atomic E-state index is -4.33. The van der Waals surface area contributed by atoms with Crippen molar-refractivity contribution in [3.05, 3.63) is 77.1 Å². The standard InChI is InChI=1S/C22H24F3N3/c1-3-17-5-4-10-27-20(17)15-16(2)21(28-13-11-26-12-14-28)18-6-8-19(9-7-18)22(23,24)25/h3-10,15,21,26H,1,11-14H2,2H3/b16-15+. The Morgan fingerprint density at radius 2 is 1.86 bits per heavy atom. The normalized spacial score (nSPS) is 17.4. The third-order valence-electron chi connectivity index (χ3n) is 4.96. The number of nitrogens with zero attached hydrogens (tertiary/aromatic N) is 2. The first kappa shape index (κ1) is 20.3. The molecule has 2 heterocycles. The van der Waals surface area contributed by atoms with Crippen molar-refractivity contribution in [3.8, 4) is 0 Å². The van der Waals surface area contributed by atoms with Crippen LogP contribution in [0.5, 0.6) is 0 Å². The molecule has 148 valence electrons. The molecule has 1 aliphatic rings. The lowest BCUT2D eigenvalue weighted by atomic mass is 9.95. The van der Waals surface area contributed by atoms with E-state index in [1.165, 1.54) is 0 Å². The van der Waals surface area contributed by atoms with E-state index in [0.29, 0.717) is 0 Å². The Hall–Kier alpha value is -2.44. The Balaban J connectivity index is 1.99. The topological polar surface area (TPSA) is 28.2 Å². The van der Waals surface area contributed by atoms with Gasteiger partial charge in [0, 0.05) is 32.4 Å². The largest absolute Gasteiger partial charge is 0.416 e. The number of pyridine rings is 1. The highest BCUT2D eigenvalue weighted by atomic mass is 19.4. The molecule has 0 amide bonds. The summed E-state index contributed by atoms with van der Waals surface area (Å²) < 4.78 is 38.9. The first-order valence-electron chi connectivity index (χ1n) is 9.27. The number of alkyl halides is 3. The van der Waals surface area contributed by atoms with Gasteiger partial charge in [-0.2, -0.15) is 13.2 Å². The Bertz CT molecular complexity index is 835. The number of benzene rings is 1. The zero-order chi connectivity index (χ0) is 20.1. The van der Waals surface area contributed by atoms with E-state index in [4.69, 9.17) is 0 Å². The number of piperazine rings is 1. The van der Waals surface area contributed by atoms with Crippen molar-refractivity contribution in [2.75, 3.05) is 26.2 Å². The van der Waals surface area contributed by atoms with Gasteiger partial charge in [-0.3, -0.25) is 9.88 Å². The molecule has 1 aromatic heterocycles.